The summed E-state index contributed by atoms with van der Waals surface area (Å²) in [6.07, 6.45) is 1.62. The van der Waals surface area contributed by atoms with E-state index in [1.807, 2.05) is 6.92 Å². The summed E-state index contributed by atoms with van der Waals surface area (Å²) >= 11 is 5.90. The van der Waals surface area contributed by atoms with Crippen LogP contribution in [0, 0.1) is 0 Å². The number of hydrogen-bond acceptors (Lipinski definition) is 4. The molecule has 0 atom stereocenters. The Morgan fingerprint density at radius 1 is 1.19 bits per heavy atom. The summed E-state index contributed by atoms with van der Waals surface area (Å²) < 4.78 is 32.5. The van der Waals surface area contributed by atoms with Crippen molar-refractivity contribution in [2.45, 2.75) is 24.7 Å². The van der Waals surface area contributed by atoms with Gasteiger partial charge in [-0.15, -0.1) is 0 Å². The van der Waals surface area contributed by atoms with Gasteiger partial charge in [-0.1, -0.05) is 31.0 Å². The van der Waals surface area contributed by atoms with Gasteiger partial charge in [0.05, 0.1) is 17.7 Å². The molecule has 8 heteroatoms. The van der Waals surface area contributed by atoms with Gasteiger partial charge in [0.2, 0.25) is 10.0 Å². The lowest BCUT2D eigenvalue weighted by Crippen LogP contribution is -2.25. The second kappa shape index (κ2) is 9.02. The fourth-order valence-electron chi connectivity index (χ4n) is 2.24. The largest absolute Gasteiger partial charge is 0.495 e. The van der Waals surface area contributed by atoms with Gasteiger partial charge < -0.3 is 10.1 Å². The van der Waals surface area contributed by atoms with Crippen LogP contribution >= 0.6 is 11.6 Å². The first kappa shape index (κ1) is 20.2. The highest BCUT2D eigenvalue weighted by atomic mass is 35.5. The molecule has 2 aromatic carbocycles. The van der Waals surface area contributed by atoms with E-state index in [0.717, 1.165) is 12.8 Å². The summed E-state index contributed by atoms with van der Waals surface area (Å²) in [7, 11) is -2.22. The first-order valence-electron chi connectivity index (χ1n) is 8.12. The molecule has 26 heavy (non-hydrogen) atoms. The number of unbranched alkanes of at least 4 members (excludes halogenated alkanes) is 1. The Bertz CT molecular complexity index is 885. The third-order valence-electron chi connectivity index (χ3n) is 3.64. The van der Waals surface area contributed by atoms with Gasteiger partial charge in [0.1, 0.15) is 5.75 Å². The fourth-order valence-corrected chi connectivity index (χ4v) is 3.53. The molecule has 0 heterocycles. The molecule has 6 nitrogen and oxygen atoms in total. The van der Waals surface area contributed by atoms with Gasteiger partial charge in [-0.2, -0.15) is 0 Å². The van der Waals surface area contributed by atoms with Crippen LogP contribution in [-0.4, -0.2) is 28.0 Å². The number of carbonyl (C=O) groups is 1. The number of rotatable bonds is 8. The molecule has 0 radical (unpaired) electrons. The SMILES string of the molecule is CCCCNS(=O)(=O)c1ccc(OC)c(NC(=O)c2cccc(Cl)c2)c1. The lowest BCUT2D eigenvalue weighted by atomic mass is 10.2. The Labute approximate surface area is 158 Å². The summed E-state index contributed by atoms with van der Waals surface area (Å²) in [6.45, 7) is 2.33. The normalized spacial score (nSPS) is 11.2. The monoisotopic (exact) mass is 396 g/mol. The van der Waals surface area contributed by atoms with Crippen molar-refractivity contribution in [2.75, 3.05) is 19.0 Å². The summed E-state index contributed by atoms with van der Waals surface area (Å²) in [5, 5.41) is 3.10. The van der Waals surface area contributed by atoms with Crippen molar-refractivity contribution in [3.8, 4) is 5.75 Å². The Hall–Kier alpha value is -2.09. The lowest BCUT2D eigenvalue weighted by molar-refractivity contribution is 0.102. The maximum Gasteiger partial charge on any atom is 0.255 e. The molecule has 0 aliphatic carbocycles. The molecule has 0 aromatic heterocycles. The van der Waals surface area contributed by atoms with Crippen molar-refractivity contribution in [3.63, 3.8) is 0 Å². The van der Waals surface area contributed by atoms with Crippen molar-refractivity contribution in [2.24, 2.45) is 0 Å². The second-order valence-corrected chi connectivity index (χ2v) is 7.78. The van der Waals surface area contributed by atoms with Crippen molar-refractivity contribution in [1.82, 2.24) is 4.72 Å². The summed E-state index contributed by atoms with van der Waals surface area (Å²) in [6, 6.07) is 10.8. The number of carbonyl (C=O) groups excluding carboxylic acids is 1. The fraction of sp³-hybridized carbons (Fsp3) is 0.278. The van der Waals surface area contributed by atoms with E-state index in [0.29, 0.717) is 22.9 Å². The predicted octanol–water partition coefficient (Wildman–Crippen LogP) is 3.68. The standard InChI is InChI=1S/C18H21ClN2O4S/c1-3-4-10-20-26(23,24)15-8-9-17(25-2)16(12-15)21-18(22)13-6-5-7-14(19)11-13/h5-9,11-12,20H,3-4,10H2,1-2H3,(H,21,22). The average Bonchev–Trinajstić information content (AvgIpc) is 2.61. The summed E-state index contributed by atoms with van der Waals surface area (Å²) in [4.78, 5) is 12.5. The Morgan fingerprint density at radius 3 is 2.62 bits per heavy atom. The molecule has 2 N–H and O–H groups in total. The van der Waals surface area contributed by atoms with E-state index in [2.05, 4.69) is 10.0 Å². The zero-order valence-corrected chi connectivity index (χ0v) is 16.2. The number of hydrogen-bond donors (Lipinski definition) is 2. The quantitative estimate of drug-likeness (QED) is 0.666. The van der Waals surface area contributed by atoms with Crippen LogP contribution < -0.4 is 14.8 Å². The van der Waals surface area contributed by atoms with Crippen molar-refractivity contribution in [3.05, 3.63) is 53.1 Å². The van der Waals surface area contributed by atoms with Gasteiger partial charge in [0.15, 0.2) is 0 Å². The number of methoxy groups -OCH3 is 1. The molecule has 0 aliphatic rings. The maximum atomic E-state index is 12.4. The van der Waals surface area contributed by atoms with Crippen LogP contribution in [0.2, 0.25) is 5.02 Å². The van der Waals surface area contributed by atoms with Crippen LogP contribution in [-0.2, 0) is 10.0 Å². The summed E-state index contributed by atoms with van der Waals surface area (Å²) in [5.74, 6) is -0.0628. The molecule has 0 saturated carbocycles. The van der Waals surface area contributed by atoms with E-state index in [4.69, 9.17) is 16.3 Å². The number of halogens is 1. The minimum atomic E-state index is -3.67. The smallest absolute Gasteiger partial charge is 0.255 e. The van der Waals surface area contributed by atoms with Gasteiger partial charge >= 0.3 is 0 Å². The molecule has 2 rings (SSSR count). The Balaban J connectivity index is 2.28. The number of nitrogens with one attached hydrogen (secondary N) is 2. The van der Waals surface area contributed by atoms with E-state index >= 15 is 0 Å². The maximum absolute atomic E-state index is 12.4. The Kier molecular flexibility index (Phi) is 7.02. The van der Waals surface area contributed by atoms with E-state index in [9.17, 15) is 13.2 Å². The number of sulfonamides is 1. The first-order valence-corrected chi connectivity index (χ1v) is 9.98. The third kappa shape index (κ3) is 5.20. The van der Waals surface area contributed by atoms with Gasteiger partial charge in [0, 0.05) is 17.1 Å². The van der Waals surface area contributed by atoms with Crippen LogP contribution in [0.15, 0.2) is 47.4 Å². The molecule has 1 amide bonds. The minimum absolute atomic E-state index is 0.0517. The Morgan fingerprint density at radius 2 is 1.96 bits per heavy atom. The molecular weight excluding hydrogens is 376 g/mol. The van der Waals surface area contributed by atoms with Crippen LogP contribution in [0.3, 0.4) is 0 Å². The van der Waals surface area contributed by atoms with E-state index in [1.54, 1.807) is 18.2 Å². The van der Waals surface area contributed by atoms with Crippen LogP contribution in [0.25, 0.3) is 0 Å². The van der Waals surface area contributed by atoms with Crippen molar-refractivity contribution in [1.29, 1.82) is 0 Å². The van der Waals surface area contributed by atoms with E-state index in [-0.39, 0.29) is 10.6 Å². The van der Waals surface area contributed by atoms with Gasteiger partial charge in [-0.3, -0.25) is 4.79 Å². The van der Waals surface area contributed by atoms with Crippen LogP contribution in [0.5, 0.6) is 5.75 Å². The molecule has 0 spiro atoms. The molecule has 0 fully saturated rings. The lowest BCUT2D eigenvalue weighted by Gasteiger charge is -2.13. The third-order valence-corrected chi connectivity index (χ3v) is 5.33. The molecule has 2 aromatic rings. The molecule has 0 unspecified atom stereocenters. The van der Waals surface area contributed by atoms with Gasteiger partial charge in [-0.05, 0) is 42.8 Å². The number of benzene rings is 2. The number of ether oxygens (including phenoxy) is 1. The van der Waals surface area contributed by atoms with Crippen molar-refractivity contribution < 1.29 is 17.9 Å². The predicted molar refractivity (Wildman–Crippen MR) is 102 cm³/mol. The summed E-state index contributed by atoms with van der Waals surface area (Å²) in [5.41, 5.74) is 0.615. The van der Waals surface area contributed by atoms with Crippen LogP contribution in [0.4, 0.5) is 5.69 Å². The zero-order valence-electron chi connectivity index (χ0n) is 14.6. The molecular formula is C18H21ClN2O4S. The number of amides is 1. The van der Waals surface area contributed by atoms with Crippen LogP contribution in [0.1, 0.15) is 30.1 Å². The van der Waals surface area contributed by atoms with Gasteiger partial charge in [0.25, 0.3) is 5.91 Å². The highest BCUT2D eigenvalue weighted by Crippen LogP contribution is 2.28. The molecule has 140 valence electrons. The number of anilines is 1. The second-order valence-electron chi connectivity index (χ2n) is 5.58. The highest BCUT2D eigenvalue weighted by molar-refractivity contribution is 7.89. The topological polar surface area (TPSA) is 84.5 Å². The van der Waals surface area contributed by atoms with Gasteiger partial charge in [-0.25, -0.2) is 13.1 Å². The molecule has 0 bridgehead atoms. The van der Waals surface area contributed by atoms with E-state index < -0.39 is 15.9 Å². The van der Waals surface area contributed by atoms with Crippen molar-refractivity contribution >= 4 is 33.2 Å². The average molecular weight is 397 g/mol. The minimum Gasteiger partial charge on any atom is -0.495 e. The van der Waals surface area contributed by atoms with E-state index in [1.165, 1.54) is 31.4 Å². The molecule has 0 aliphatic heterocycles. The first-order chi connectivity index (χ1) is 12.4. The molecule has 0 saturated heterocycles. The zero-order chi connectivity index (χ0) is 19.2. The highest BCUT2D eigenvalue weighted by Gasteiger charge is 2.17.